The van der Waals surface area contributed by atoms with Gasteiger partial charge in [0.25, 0.3) is 11.7 Å². The Labute approximate surface area is 209 Å². The van der Waals surface area contributed by atoms with Crippen LogP contribution in [0, 0.1) is 0 Å². The molecule has 1 aliphatic rings. The third kappa shape index (κ3) is 5.03. The number of hydrogen-bond acceptors (Lipinski definition) is 5. The Balaban J connectivity index is 1.81. The molecule has 1 aliphatic heterocycles. The van der Waals surface area contributed by atoms with Crippen molar-refractivity contribution in [1.82, 2.24) is 0 Å². The molecule has 1 fully saturated rings. The fourth-order valence-electron chi connectivity index (χ4n) is 4.01. The van der Waals surface area contributed by atoms with Crippen molar-refractivity contribution >= 4 is 34.7 Å². The van der Waals surface area contributed by atoms with Crippen LogP contribution in [-0.4, -0.2) is 30.0 Å². The maximum absolute atomic E-state index is 13.2. The number of aliphatic hydroxyl groups excluding tert-OH is 1. The summed E-state index contributed by atoms with van der Waals surface area (Å²) < 4.78 is 11.1. The summed E-state index contributed by atoms with van der Waals surface area (Å²) in [7, 11) is 0. The fraction of sp³-hybridized carbons (Fsp3) is 0.214. The summed E-state index contributed by atoms with van der Waals surface area (Å²) in [6.07, 6.45) is 0.873. The third-order valence-corrected chi connectivity index (χ3v) is 5.91. The van der Waals surface area contributed by atoms with Crippen LogP contribution in [-0.2, 0) is 9.59 Å². The Morgan fingerprint density at radius 1 is 0.886 bits per heavy atom. The Bertz CT molecular complexity index is 1230. The van der Waals surface area contributed by atoms with E-state index in [-0.39, 0.29) is 11.3 Å². The number of anilines is 1. The van der Waals surface area contributed by atoms with E-state index in [0.717, 1.165) is 6.42 Å². The van der Waals surface area contributed by atoms with E-state index in [4.69, 9.17) is 21.1 Å². The third-order valence-electron chi connectivity index (χ3n) is 5.66. The molecular weight excluding hydrogens is 466 g/mol. The highest BCUT2D eigenvalue weighted by atomic mass is 35.5. The smallest absolute Gasteiger partial charge is 0.300 e. The molecule has 1 atom stereocenters. The van der Waals surface area contributed by atoms with Gasteiger partial charge in [0.15, 0.2) is 0 Å². The van der Waals surface area contributed by atoms with Gasteiger partial charge in [0.05, 0.1) is 24.8 Å². The summed E-state index contributed by atoms with van der Waals surface area (Å²) >= 11 is 6.09. The quantitative estimate of drug-likeness (QED) is 0.232. The van der Waals surface area contributed by atoms with Gasteiger partial charge in [0.1, 0.15) is 17.3 Å². The number of carbonyl (C=O) groups is 2. The molecule has 1 unspecified atom stereocenters. The fourth-order valence-corrected chi connectivity index (χ4v) is 4.14. The minimum atomic E-state index is -0.832. The van der Waals surface area contributed by atoms with E-state index in [1.165, 1.54) is 4.90 Å². The van der Waals surface area contributed by atoms with Gasteiger partial charge in [0, 0.05) is 16.3 Å². The van der Waals surface area contributed by atoms with Crippen molar-refractivity contribution in [3.8, 4) is 11.5 Å². The highest BCUT2D eigenvalue weighted by molar-refractivity contribution is 6.51. The van der Waals surface area contributed by atoms with E-state index in [0.29, 0.717) is 46.5 Å². The molecule has 1 saturated heterocycles. The van der Waals surface area contributed by atoms with Crippen LogP contribution < -0.4 is 14.4 Å². The summed E-state index contributed by atoms with van der Waals surface area (Å²) in [6, 6.07) is 19.8. The number of aliphatic hydroxyl groups is 1. The van der Waals surface area contributed by atoms with Gasteiger partial charge in [-0.2, -0.15) is 0 Å². The molecule has 0 saturated carbocycles. The summed E-state index contributed by atoms with van der Waals surface area (Å²) in [5.41, 5.74) is 1.58. The lowest BCUT2D eigenvalue weighted by molar-refractivity contribution is -0.132. The number of benzene rings is 3. The van der Waals surface area contributed by atoms with Crippen molar-refractivity contribution in [2.75, 3.05) is 18.1 Å². The van der Waals surface area contributed by atoms with Gasteiger partial charge in [-0.25, -0.2) is 0 Å². The Kier molecular flexibility index (Phi) is 7.42. The highest BCUT2D eigenvalue weighted by Crippen LogP contribution is 2.42. The monoisotopic (exact) mass is 491 g/mol. The van der Waals surface area contributed by atoms with Crippen molar-refractivity contribution in [2.24, 2.45) is 0 Å². The van der Waals surface area contributed by atoms with E-state index in [2.05, 4.69) is 0 Å². The lowest BCUT2D eigenvalue weighted by Crippen LogP contribution is -2.29. The zero-order valence-corrected chi connectivity index (χ0v) is 20.3. The number of nitrogens with zero attached hydrogens (tertiary/aromatic N) is 1. The number of halogens is 1. The van der Waals surface area contributed by atoms with Crippen LogP contribution in [0.25, 0.3) is 5.76 Å². The molecule has 3 aromatic rings. The van der Waals surface area contributed by atoms with Crippen LogP contribution in [0.15, 0.2) is 78.4 Å². The standard InChI is InChI=1S/C28H26ClNO5/c1-3-17-35-23-13-7-19(8-14-23)26(31)24-25(18-5-9-20(29)10-6-18)30(28(33)27(24)32)21-11-15-22(16-12-21)34-4-2/h5-16,25,31H,3-4,17H2,1-2H3/b26-24+. The maximum atomic E-state index is 13.2. The number of Topliss-reactive ketones (excluding diaryl/α,β-unsaturated/α-hetero) is 1. The van der Waals surface area contributed by atoms with Crippen molar-refractivity contribution in [3.63, 3.8) is 0 Å². The lowest BCUT2D eigenvalue weighted by atomic mass is 9.95. The van der Waals surface area contributed by atoms with Crippen LogP contribution in [0.2, 0.25) is 5.02 Å². The van der Waals surface area contributed by atoms with Crippen molar-refractivity contribution in [2.45, 2.75) is 26.3 Å². The number of carbonyl (C=O) groups excluding carboxylic acids is 2. The van der Waals surface area contributed by atoms with Crippen LogP contribution in [0.1, 0.15) is 37.4 Å². The molecule has 0 spiro atoms. The molecule has 1 N–H and O–H groups in total. The molecule has 1 amide bonds. The van der Waals surface area contributed by atoms with Gasteiger partial charge in [-0.3, -0.25) is 14.5 Å². The molecule has 3 aromatic carbocycles. The highest BCUT2D eigenvalue weighted by Gasteiger charge is 2.46. The van der Waals surface area contributed by atoms with Gasteiger partial charge in [-0.15, -0.1) is 0 Å². The Hall–Kier alpha value is -3.77. The molecule has 7 heteroatoms. The molecule has 1 heterocycles. The Morgan fingerprint density at radius 2 is 1.49 bits per heavy atom. The Morgan fingerprint density at radius 3 is 2.09 bits per heavy atom. The summed E-state index contributed by atoms with van der Waals surface area (Å²) in [6.45, 7) is 4.99. The minimum absolute atomic E-state index is 0.00781. The van der Waals surface area contributed by atoms with E-state index >= 15 is 0 Å². The second-order valence-corrected chi connectivity index (χ2v) is 8.46. The first-order valence-electron chi connectivity index (χ1n) is 11.5. The molecule has 0 aliphatic carbocycles. The SMILES string of the molecule is CCCOc1ccc(/C(O)=C2\C(=O)C(=O)N(c3ccc(OCC)cc3)C2c2ccc(Cl)cc2)cc1. The number of hydrogen-bond donors (Lipinski definition) is 1. The summed E-state index contributed by atoms with van der Waals surface area (Å²) in [4.78, 5) is 27.9. The molecular formula is C28H26ClNO5. The molecule has 0 aromatic heterocycles. The van der Waals surface area contributed by atoms with Crippen molar-refractivity contribution < 1.29 is 24.2 Å². The van der Waals surface area contributed by atoms with Gasteiger partial charge in [0.2, 0.25) is 0 Å². The predicted octanol–water partition coefficient (Wildman–Crippen LogP) is 6.15. The zero-order chi connectivity index (χ0) is 24.9. The molecule has 180 valence electrons. The summed E-state index contributed by atoms with van der Waals surface area (Å²) in [5.74, 6) is -0.422. The van der Waals surface area contributed by atoms with Crippen LogP contribution in [0.5, 0.6) is 11.5 Å². The van der Waals surface area contributed by atoms with Gasteiger partial charge < -0.3 is 14.6 Å². The van der Waals surface area contributed by atoms with Gasteiger partial charge in [-0.05, 0) is 79.6 Å². The van der Waals surface area contributed by atoms with E-state index in [1.54, 1.807) is 72.8 Å². The van der Waals surface area contributed by atoms with Crippen molar-refractivity contribution in [3.05, 3.63) is 94.5 Å². The van der Waals surface area contributed by atoms with Gasteiger partial charge >= 0.3 is 0 Å². The van der Waals surface area contributed by atoms with E-state index in [9.17, 15) is 14.7 Å². The van der Waals surface area contributed by atoms with Crippen LogP contribution in [0.4, 0.5) is 5.69 Å². The normalized spacial score (nSPS) is 17.0. The van der Waals surface area contributed by atoms with Crippen molar-refractivity contribution in [1.29, 1.82) is 0 Å². The first-order chi connectivity index (χ1) is 16.9. The number of ether oxygens (including phenoxy) is 2. The molecule has 0 bridgehead atoms. The van der Waals surface area contributed by atoms with E-state index < -0.39 is 17.7 Å². The average molecular weight is 492 g/mol. The molecule has 6 nitrogen and oxygen atoms in total. The maximum Gasteiger partial charge on any atom is 0.300 e. The van der Waals surface area contributed by atoms with Crippen LogP contribution in [0.3, 0.4) is 0 Å². The first kappa shape index (κ1) is 24.4. The zero-order valence-electron chi connectivity index (χ0n) is 19.5. The number of ketones is 1. The average Bonchev–Trinajstić information content (AvgIpc) is 3.14. The largest absolute Gasteiger partial charge is 0.507 e. The summed E-state index contributed by atoms with van der Waals surface area (Å²) in [5, 5.41) is 11.8. The first-order valence-corrected chi connectivity index (χ1v) is 11.8. The van der Waals surface area contributed by atoms with Gasteiger partial charge in [-0.1, -0.05) is 30.7 Å². The molecule has 0 radical (unpaired) electrons. The van der Waals surface area contributed by atoms with Crippen LogP contribution >= 0.6 is 11.6 Å². The topological polar surface area (TPSA) is 76.1 Å². The number of rotatable bonds is 8. The second kappa shape index (κ2) is 10.7. The molecule has 4 rings (SSSR count). The molecule has 35 heavy (non-hydrogen) atoms. The number of amides is 1. The second-order valence-electron chi connectivity index (χ2n) is 8.02. The minimum Gasteiger partial charge on any atom is -0.507 e. The van der Waals surface area contributed by atoms with E-state index in [1.807, 2.05) is 13.8 Å². The predicted molar refractivity (Wildman–Crippen MR) is 136 cm³/mol. The lowest BCUT2D eigenvalue weighted by Gasteiger charge is -2.25.